The number of aromatic amines is 1. The first kappa shape index (κ1) is 42.5. The summed E-state index contributed by atoms with van der Waals surface area (Å²) in [5.41, 5.74) is -1.40. The largest absolute Gasteiger partial charge is 0.504 e. The molecule has 1 aliphatic carbocycles. The van der Waals surface area contributed by atoms with Crippen LogP contribution in [0.5, 0.6) is 11.5 Å². The summed E-state index contributed by atoms with van der Waals surface area (Å²) in [6.45, 7) is 6.84. The molecule has 306 valence electrons. The number of aromatic hydroxyl groups is 1. The number of H-pyrrole nitrogens is 1. The third-order valence-electron chi connectivity index (χ3n) is 10.9. The summed E-state index contributed by atoms with van der Waals surface area (Å²) < 4.78 is 67.4. The number of amides is 3. The number of carbonyl (C=O) groups is 4. The van der Waals surface area contributed by atoms with E-state index in [2.05, 4.69) is 20.9 Å². The maximum absolute atomic E-state index is 14.7. The van der Waals surface area contributed by atoms with Crippen LogP contribution in [0.2, 0.25) is 0 Å². The smallest absolute Gasteiger partial charge is 0.418 e. The molecular formula is C42H48F4N4O7. The number of halogens is 4. The fourth-order valence-corrected chi connectivity index (χ4v) is 7.14. The number of fused-ring (bicyclic) bond motifs is 3. The molecule has 5 rings (SSSR count). The molecule has 3 aromatic carbocycles. The van der Waals surface area contributed by atoms with Crippen molar-refractivity contribution in [3.05, 3.63) is 94.4 Å². The lowest BCUT2D eigenvalue weighted by Crippen LogP contribution is -2.66. The number of para-hydroxylation sites is 1. The number of aromatic nitrogens is 1. The Morgan fingerprint density at radius 3 is 2.30 bits per heavy atom. The second kappa shape index (κ2) is 17.7. The van der Waals surface area contributed by atoms with Crippen LogP contribution in [0.4, 0.5) is 17.6 Å². The van der Waals surface area contributed by atoms with E-state index in [1.165, 1.54) is 49.6 Å². The predicted molar refractivity (Wildman–Crippen MR) is 204 cm³/mol. The van der Waals surface area contributed by atoms with E-state index < -0.39 is 70.7 Å². The van der Waals surface area contributed by atoms with Gasteiger partial charge in [0.2, 0.25) is 17.7 Å². The van der Waals surface area contributed by atoms with Crippen molar-refractivity contribution < 1.29 is 51.3 Å². The van der Waals surface area contributed by atoms with E-state index in [-0.39, 0.29) is 60.3 Å². The number of ether oxygens (including phenoxy) is 2. The number of phenolic OH excluding ortho intramolecular Hbond substituents is 1. The summed E-state index contributed by atoms with van der Waals surface area (Å²) in [6, 6.07) is 11.6. The molecule has 0 radical (unpaired) electrons. The van der Waals surface area contributed by atoms with E-state index in [0.29, 0.717) is 29.7 Å². The lowest BCUT2D eigenvalue weighted by molar-refractivity contribution is -0.151. The van der Waals surface area contributed by atoms with Crippen molar-refractivity contribution in [3.8, 4) is 11.5 Å². The monoisotopic (exact) mass is 796 g/mol. The number of hydrogen-bond donors (Lipinski definition) is 5. The van der Waals surface area contributed by atoms with Crippen LogP contribution in [0.25, 0.3) is 10.9 Å². The van der Waals surface area contributed by atoms with Gasteiger partial charge in [-0.1, -0.05) is 76.9 Å². The van der Waals surface area contributed by atoms with Gasteiger partial charge in [0.15, 0.2) is 11.5 Å². The summed E-state index contributed by atoms with van der Waals surface area (Å²) in [5, 5.41) is 18.8. The fourth-order valence-electron chi connectivity index (χ4n) is 7.14. The minimum Gasteiger partial charge on any atom is -0.504 e. The molecule has 0 saturated carbocycles. The number of alkyl halides is 3. The van der Waals surface area contributed by atoms with Gasteiger partial charge in [0.25, 0.3) is 0 Å². The van der Waals surface area contributed by atoms with Crippen LogP contribution < -0.4 is 20.7 Å². The van der Waals surface area contributed by atoms with Crippen LogP contribution in [-0.2, 0) is 56.0 Å². The Hall–Kier alpha value is -5.60. The highest BCUT2D eigenvalue weighted by Gasteiger charge is 2.47. The number of benzene rings is 3. The van der Waals surface area contributed by atoms with Crippen LogP contribution >= 0.6 is 0 Å². The van der Waals surface area contributed by atoms with E-state index in [1.54, 1.807) is 26.0 Å². The SMILES string of the molecule is CCC(C)C(NC(=O)Cc1ccccc1F)C(=O)N[C@@]1(C(=O)NC(C(=O)OCc2ccc(OC)c(O)c2)C(C)CC)CCc2[nH]c3c(C(F)(F)F)cccc3c2C1. The van der Waals surface area contributed by atoms with Crippen LogP contribution in [0, 0.1) is 17.7 Å². The predicted octanol–water partition coefficient (Wildman–Crippen LogP) is 6.43. The van der Waals surface area contributed by atoms with Crippen LogP contribution in [0.1, 0.15) is 74.9 Å². The summed E-state index contributed by atoms with van der Waals surface area (Å²) in [4.78, 5) is 58.9. The van der Waals surface area contributed by atoms with Gasteiger partial charge in [-0.15, -0.1) is 0 Å². The standard InChI is InChI=1S/C42H48F4N4O7/c1-6-23(3)35(48-34(52)20-26-11-8-9-14-30(26)43)38(53)50-41(18-17-31-28(21-41)27-12-10-13-29(37(27)47-31)42(44,45)46)40(55)49-36(24(4)7-2)39(54)57-22-25-15-16-33(56-5)32(51)19-25/h8-16,19,23-24,35-36,47,51H,6-7,17-18,20-22H2,1-5H3,(H,48,52)(H,49,55)(H,50,53)/t23?,24?,35?,36?,41-/m0/s1. The summed E-state index contributed by atoms with van der Waals surface area (Å²) >= 11 is 0. The number of carbonyl (C=O) groups excluding carboxylic acids is 4. The van der Waals surface area contributed by atoms with E-state index in [9.17, 15) is 41.8 Å². The maximum Gasteiger partial charge on any atom is 0.418 e. The topological polar surface area (TPSA) is 159 Å². The summed E-state index contributed by atoms with van der Waals surface area (Å²) in [6.07, 6.45) is -4.43. The van der Waals surface area contributed by atoms with Gasteiger partial charge in [0.05, 0.1) is 24.6 Å². The minimum absolute atomic E-state index is 0.0576. The first-order valence-electron chi connectivity index (χ1n) is 18.9. The molecule has 0 spiro atoms. The van der Waals surface area contributed by atoms with Gasteiger partial charge in [0.1, 0.15) is 30.0 Å². The Labute approximate surface area is 327 Å². The Bertz CT molecular complexity index is 2120. The van der Waals surface area contributed by atoms with Crippen molar-refractivity contribution in [1.29, 1.82) is 0 Å². The second-order valence-corrected chi connectivity index (χ2v) is 14.7. The van der Waals surface area contributed by atoms with Crippen molar-refractivity contribution in [1.82, 2.24) is 20.9 Å². The van der Waals surface area contributed by atoms with Gasteiger partial charge in [-0.3, -0.25) is 14.4 Å². The highest BCUT2D eigenvalue weighted by molar-refractivity contribution is 5.98. The molecular weight excluding hydrogens is 748 g/mol. The average molecular weight is 797 g/mol. The molecule has 15 heteroatoms. The molecule has 5 N–H and O–H groups in total. The first-order valence-corrected chi connectivity index (χ1v) is 18.9. The van der Waals surface area contributed by atoms with E-state index in [4.69, 9.17) is 9.47 Å². The second-order valence-electron chi connectivity index (χ2n) is 14.7. The molecule has 5 atom stereocenters. The Morgan fingerprint density at radius 2 is 1.65 bits per heavy atom. The number of rotatable bonds is 15. The highest BCUT2D eigenvalue weighted by atomic mass is 19.4. The van der Waals surface area contributed by atoms with Gasteiger partial charge >= 0.3 is 12.1 Å². The molecule has 1 aliphatic rings. The van der Waals surface area contributed by atoms with Gasteiger partial charge < -0.3 is 35.5 Å². The van der Waals surface area contributed by atoms with Crippen molar-refractivity contribution in [2.75, 3.05) is 7.11 Å². The van der Waals surface area contributed by atoms with Gasteiger partial charge in [-0.25, -0.2) is 9.18 Å². The molecule has 3 amide bonds. The maximum atomic E-state index is 14.7. The molecule has 0 saturated heterocycles. The molecule has 11 nitrogen and oxygen atoms in total. The molecule has 57 heavy (non-hydrogen) atoms. The van der Waals surface area contributed by atoms with Crippen molar-refractivity contribution in [2.24, 2.45) is 11.8 Å². The molecule has 0 bridgehead atoms. The van der Waals surface area contributed by atoms with Crippen LogP contribution in [0.3, 0.4) is 0 Å². The number of aryl methyl sites for hydroxylation is 1. The zero-order valence-corrected chi connectivity index (χ0v) is 32.4. The van der Waals surface area contributed by atoms with Crippen molar-refractivity contribution in [3.63, 3.8) is 0 Å². The Morgan fingerprint density at radius 1 is 0.947 bits per heavy atom. The van der Waals surface area contributed by atoms with E-state index in [0.717, 1.165) is 6.07 Å². The van der Waals surface area contributed by atoms with Crippen molar-refractivity contribution >= 4 is 34.6 Å². The van der Waals surface area contributed by atoms with E-state index >= 15 is 0 Å². The quantitative estimate of drug-likeness (QED) is 0.0685. The number of methoxy groups -OCH3 is 1. The van der Waals surface area contributed by atoms with Gasteiger partial charge in [-0.05, 0) is 65.6 Å². The minimum atomic E-state index is -4.67. The molecule has 0 aliphatic heterocycles. The third-order valence-corrected chi connectivity index (χ3v) is 10.9. The molecule has 1 aromatic heterocycles. The molecule has 4 unspecified atom stereocenters. The fraction of sp³-hybridized carbons (Fsp3) is 0.429. The van der Waals surface area contributed by atoms with Crippen molar-refractivity contribution in [2.45, 2.75) is 96.6 Å². The summed E-state index contributed by atoms with van der Waals surface area (Å²) in [7, 11) is 1.39. The van der Waals surface area contributed by atoms with Gasteiger partial charge in [0, 0.05) is 17.5 Å². The number of phenols is 1. The normalized spacial score (nSPS) is 17.4. The molecule has 0 fully saturated rings. The molecule has 1 heterocycles. The number of nitrogens with one attached hydrogen (secondary N) is 4. The van der Waals surface area contributed by atoms with Gasteiger partial charge in [-0.2, -0.15) is 13.2 Å². The Kier molecular flexibility index (Phi) is 13.2. The van der Waals surface area contributed by atoms with Crippen LogP contribution in [-0.4, -0.2) is 58.5 Å². The lowest BCUT2D eigenvalue weighted by atomic mass is 9.78. The van der Waals surface area contributed by atoms with Crippen LogP contribution in [0.15, 0.2) is 60.7 Å². The Balaban J connectivity index is 1.48. The number of hydrogen-bond acceptors (Lipinski definition) is 7. The first-order chi connectivity index (χ1) is 27.0. The van der Waals surface area contributed by atoms with E-state index in [1.807, 2.05) is 13.8 Å². The average Bonchev–Trinajstić information content (AvgIpc) is 3.55. The zero-order chi connectivity index (χ0) is 41.7. The number of esters is 1. The lowest BCUT2D eigenvalue weighted by Gasteiger charge is -2.39. The molecule has 4 aromatic rings. The summed E-state index contributed by atoms with van der Waals surface area (Å²) in [5.74, 6) is -4.38. The zero-order valence-electron chi connectivity index (χ0n) is 32.4. The highest BCUT2D eigenvalue weighted by Crippen LogP contribution is 2.40. The third kappa shape index (κ3) is 9.51.